The standard InChI is InChI=1S/C23H21FN4O2/c1-13(29)14-6-7-19(24)20(10-14)27-22-12-17(25)11-21(28-22)23(30)26-18-8-15-4-2-3-5-16(15)9-18/h2-7,10-12,18H,8-9H2,1H3,(H,26,30)(H3,25,27,28). The molecule has 152 valence electrons. The van der Waals surface area contributed by atoms with Crippen molar-refractivity contribution < 1.29 is 14.0 Å². The van der Waals surface area contributed by atoms with Crippen molar-refractivity contribution in [2.24, 2.45) is 0 Å². The molecule has 0 saturated carbocycles. The number of amides is 1. The molecule has 0 fully saturated rings. The molecule has 7 heteroatoms. The maximum absolute atomic E-state index is 14.2. The molecule has 1 heterocycles. The smallest absolute Gasteiger partial charge is 0.270 e. The number of halogens is 1. The average molecular weight is 404 g/mol. The van der Waals surface area contributed by atoms with Crippen LogP contribution in [0.5, 0.6) is 0 Å². The largest absolute Gasteiger partial charge is 0.399 e. The Kier molecular flexibility index (Phi) is 5.18. The number of hydrogen-bond acceptors (Lipinski definition) is 5. The van der Waals surface area contributed by atoms with Gasteiger partial charge in [0.2, 0.25) is 0 Å². The van der Waals surface area contributed by atoms with Crippen LogP contribution in [0.3, 0.4) is 0 Å². The van der Waals surface area contributed by atoms with E-state index >= 15 is 0 Å². The molecule has 0 spiro atoms. The number of rotatable bonds is 5. The summed E-state index contributed by atoms with van der Waals surface area (Å²) in [7, 11) is 0. The second kappa shape index (κ2) is 7.94. The predicted octanol–water partition coefficient (Wildman–Crippen LogP) is 3.65. The number of pyridine rings is 1. The summed E-state index contributed by atoms with van der Waals surface area (Å²) in [6.45, 7) is 1.40. The van der Waals surface area contributed by atoms with Crippen molar-refractivity contribution in [2.75, 3.05) is 11.1 Å². The number of carbonyl (C=O) groups is 2. The van der Waals surface area contributed by atoms with Gasteiger partial charge in [-0.2, -0.15) is 0 Å². The Bertz CT molecular complexity index is 1120. The van der Waals surface area contributed by atoms with Crippen LogP contribution in [0.15, 0.2) is 54.6 Å². The summed E-state index contributed by atoms with van der Waals surface area (Å²) >= 11 is 0. The monoisotopic (exact) mass is 404 g/mol. The van der Waals surface area contributed by atoms with E-state index in [9.17, 15) is 14.0 Å². The van der Waals surface area contributed by atoms with Crippen LogP contribution < -0.4 is 16.4 Å². The van der Waals surface area contributed by atoms with Crippen LogP contribution in [0.2, 0.25) is 0 Å². The second-order valence-electron chi connectivity index (χ2n) is 7.39. The van der Waals surface area contributed by atoms with Crippen molar-refractivity contribution in [2.45, 2.75) is 25.8 Å². The first-order chi connectivity index (χ1) is 14.4. The maximum Gasteiger partial charge on any atom is 0.270 e. The summed E-state index contributed by atoms with van der Waals surface area (Å²) in [5, 5.41) is 5.81. The van der Waals surface area contributed by atoms with Crippen molar-refractivity contribution in [1.29, 1.82) is 0 Å². The molecular weight excluding hydrogens is 383 g/mol. The van der Waals surface area contributed by atoms with Crippen LogP contribution in [-0.2, 0) is 12.8 Å². The van der Waals surface area contributed by atoms with Crippen molar-refractivity contribution in [3.63, 3.8) is 0 Å². The van der Waals surface area contributed by atoms with E-state index in [0.29, 0.717) is 11.3 Å². The first kappa shape index (κ1) is 19.6. The van der Waals surface area contributed by atoms with E-state index in [-0.39, 0.29) is 34.9 Å². The van der Waals surface area contributed by atoms with E-state index in [2.05, 4.69) is 27.8 Å². The molecule has 1 amide bonds. The molecule has 1 aromatic heterocycles. The fourth-order valence-corrected chi connectivity index (χ4v) is 3.63. The molecule has 1 aliphatic carbocycles. The Morgan fingerprint density at radius 1 is 1.07 bits per heavy atom. The van der Waals surface area contributed by atoms with Gasteiger partial charge in [-0.25, -0.2) is 9.37 Å². The Balaban J connectivity index is 1.52. The summed E-state index contributed by atoms with van der Waals surface area (Å²) in [6, 6.07) is 15.1. The third kappa shape index (κ3) is 4.15. The van der Waals surface area contributed by atoms with Gasteiger partial charge in [0.15, 0.2) is 5.78 Å². The minimum absolute atomic E-state index is 0.0146. The third-order valence-electron chi connectivity index (χ3n) is 5.10. The molecule has 3 aromatic rings. The number of nitrogens with two attached hydrogens (primary N) is 1. The first-order valence-electron chi connectivity index (χ1n) is 9.62. The number of hydrogen-bond donors (Lipinski definition) is 3. The van der Waals surface area contributed by atoms with Crippen LogP contribution in [0.4, 0.5) is 21.6 Å². The summed E-state index contributed by atoms with van der Waals surface area (Å²) in [5.41, 5.74) is 9.29. The van der Waals surface area contributed by atoms with E-state index in [1.165, 1.54) is 48.4 Å². The lowest BCUT2D eigenvalue weighted by Gasteiger charge is -2.14. The number of fused-ring (bicyclic) bond motifs is 1. The van der Waals surface area contributed by atoms with Crippen molar-refractivity contribution >= 4 is 28.9 Å². The van der Waals surface area contributed by atoms with Gasteiger partial charge in [0.25, 0.3) is 5.91 Å². The lowest BCUT2D eigenvalue weighted by atomic mass is 10.1. The van der Waals surface area contributed by atoms with E-state index in [1.807, 2.05) is 12.1 Å². The van der Waals surface area contributed by atoms with Gasteiger partial charge in [0.1, 0.15) is 17.3 Å². The highest BCUT2D eigenvalue weighted by atomic mass is 19.1. The molecule has 4 N–H and O–H groups in total. The molecule has 0 aliphatic heterocycles. The van der Waals surface area contributed by atoms with Gasteiger partial charge in [-0.05, 0) is 55.2 Å². The number of aromatic nitrogens is 1. The Hall–Kier alpha value is -3.74. The molecule has 0 atom stereocenters. The normalized spacial score (nSPS) is 13.0. The minimum atomic E-state index is -0.543. The van der Waals surface area contributed by atoms with Crippen molar-refractivity contribution in [3.8, 4) is 0 Å². The highest BCUT2D eigenvalue weighted by molar-refractivity contribution is 5.95. The molecular formula is C23H21FN4O2. The lowest BCUT2D eigenvalue weighted by molar-refractivity contribution is 0.0933. The molecule has 0 radical (unpaired) electrons. The molecule has 0 bridgehead atoms. The number of nitrogens with zero attached hydrogens (tertiary/aromatic N) is 1. The van der Waals surface area contributed by atoms with Gasteiger partial charge < -0.3 is 16.4 Å². The number of nitrogen functional groups attached to an aromatic ring is 1. The summed E-state index contributed by atoms with van der Waals surface area (Å²) in [4.78, 5) is 28.6. The Labute approximate surface area is 173 Å². The molecule has 0 unspecified atom stereocenters. The molecule has 6 nitrogen and oxygen atoms in total. The summed E-state index contributed by atoms with van der Waals surface area (Å²) in [6.07, 6.45) is 1.52. The lowest BCUT2D eigenvalue weighted by Crippen LogP contribution is -2.35. The molecule has 30 heavy (non-hydrogen) atoms. The number of ketones is 1. The third-order valence-corrected chi connectivity index (χ3v) is 5.10. The second-order valence-corrected chi connectivity index (χ2v) is 7.39. The average Bonchev–Trinajstić information content (AvgIpc) is 3.11. The number of Topliss-reactive ketones (excluding diaryl/α,β-unsaturated/α-hetero) is 1. The number of carbonyl (C=O) groups excluding carboxylic acids is 2. The quantitative estimate of drug-likeness (QED) is 0.564. The fraction of sp³-hybridized carbons (Fsp3) is 0.174. The van der Waals surface area contributed by atoms with Crippen molar-refractivity contribution in [3.05, 3.63) is 82.8 Å². The van der Waals surface area contributed by atoms with Crippen LogP contribution in [0.25, 0.3) is 0 Å². The zero-order valence-corrected chi connectivity index (χ0v) is 16.4. The van der Waals surface area contributed by atoms with Gasteiger partial charge in [-0.1, -0.05) is 24.3 Å². The van der Waals surface area contributed by atoms with Gasteiger partial charge >= 0.3 is 0 Å². The van der Waals surface area contributed by atoms with Gasteiger partial charge in [-0.3, -0.25) is 9.59 Å². The van der Waals surface area contributed by atoms with Crippen LogP contribution in [0.1, 0.15) is 38.9 Å². The Morgan fingerprint density at radius 3 is 2.43 bits per heavy atom. The van der Waals surface area contributed by atoms with Gasteiger partial charge in [0.05, 0.1) is 5.69 Å². The summed E-state index contributed by atoms with van der Waals surface area (Å²) in [5.74, 6) is -0.856. The molecule has 0 saturated heterocycles. The Morgan fingerprint density at radius 2 is 1.77 bits per heavy atom. The minimum Gasteiger partial charge on any atom is -0.399 e. The summed E-state index contributed by atoms with van der Waals surface area (Å²) < 4.78 is 14.2. The first-order valence-corrected chi connectivity index (χ1v) is 9.62. The zero-order chi connectivity index (χ0) is 21.3. The zero-order valence-electron chi connectivity index (χ0n) is 16.4. The molecule has 4 rings (SSSR count). The number of benzene rings is 2. The van der Waals surface area contributed by atoms with Crippen LogP contribution in [-0.4, -0.2) is 22.7 Å². The topological polar surface area (TPSA) is 97.1 Å². The number of anilines is 3. The van der Waals surface area contributed by atoms with E-state index in [0.717, 1.165) is 12.8 Å². The van der Waals surface area contributed by atoms with Crippen LogP contribution >= 0.6 is 0 Å². The van der Waals surface area contributed by atoms with Gasteiger partial charge in [-0.15, -0.1) is 0 Å². The van der Waals surface area contributed by atoms with E-state index in [4.69, 9.17) is 5.73 Å². The predicted molar refractivity (Wildman–Crippen MR) is 113 cm³/mol. The van der Waals surface area contributed by atoms with Crippen molar-refractivity contribution in [1.82, 2.24) is 10.3 Å². The fourth-order valence-electron chi connectivity index (χ4n) is 3.63. The number of nitrogens with one attached hydrogen (secondary N) is 2. The van der Waals surface area contributed by atoms with E-state index in [1.54, 1.807) is 0 Å². The highest BCUT2D eigenvalue weighted by Gasteiger charge is 2.23. The van der Waals surface area contributed by atoms with Crippen LogP contribution in [0, 0.1) is 5.82 Å². The van der Waals surface area contributed by atoms with Gasteiger partial charge in [0, 0.05) is 23.4 Å². The molecule has 1 aliphatic rings. The van der Waals surface area contributed by atoms with E-state index < -0.39 is 5.82 Å². The maximum atomic E-state index is 14.2. The SMILES string of the molecule is CC(=O)c1ccc(F)c(Nc2cc(N)cc(C(=O)NC3Cc4ccccc4C3)n2)c1. The highest BCUT2D eigenvalue weighted by Crippen LogP contribution is 2.24. The molecule has 2 aromatic carbocycles.